The van der Waals surface area contributed by atoms with E-state index in [2.05, 4.69) is 29.2 Å². The fourth-order valence-corrected chi connectivity index (χ4v) is 1.51. The lowest BCUT2D eigenvalue weighted by atomic mass is 10.1. The van der Waals surface area contributed by atoms with Gasteiger partial charge in [0.2, 0.25) is 0 Å². The number of aryl methyl sites for hydroxylation is 1. The fraction of sp³-hybridized carbons (Fsp3) is 0.231. The van der Waals surface area contributed by atoms with Gasteiger partial charge in [-0.05, 0) is 30.5 Å². The average molecular weight is 201 g/mol. The van der Waals surface area contributed by atoms with Crippen molar-refractivity contribution in [3.63, 3.8) is 0 Å². The number of hydrogen-bond acceptors (Lipinski definition) is 1. The highest BCUT2D eigenvalue weighted by molar-refractivity contribution is 5.14. The Hall–Kier alpha value is -1.70. The number of ether oxygens (including phenoxy) is 1. The molecule has 0 spiro atoms. The van der Waals surface area contributed by atoms with E-state index in [4.69, 9.17) is 4.74 Å². The number of H-pyrrole nitrogens is 1. The SMILES string of the molecule is c1ccc(CCCOc2ccc[nH]2)cc1. The van der Waals surface area contributed by atoms with E-state index < -0.39 is 0 Å². The molecule has 78 valence electrons. The van der Waals surface area contributed by atoms with Gasteiger partial charge < -0.3 is 9.72 Å². The molecule has 15 heavy (non-hydrogen) atoms. The van der Waals surface area contributed by atoms with Gasteiger partial charge in [0.1, 0.15) is 0 Å². The summed E-state index contributed by atoms with van der Waals surface area (Å²) in [7, 11) is 0. The van der Waals surface area contributed by atoms with Crippen LogP contribution >= 0.6 is 0 Å². The predicted molar refractivity (Wildman–Crippen MR) is 61.1 cm³/mol. The molecule has 0 unspecified atom stereocenters. The molecule has 2 rings (SSSR count). The summed E-state index contributed by atoms with van der Waals surface area (Å²) >= 11 is 0. The van der Waals surface area contributed by atoms with Crippen LogP contribution in [0.4, 0.5) is 0 Å². The van der Waals surface area contributed by atoms with Crippen molar-refractivity contribution in [2.45, 2.75) is 12.8 Å². The van der Waals surface area contributed by atoms with Gasteiger partial charge in [0.25, 0.3) is 0 Å². The molecule has 0 saturated carbocycles. The van der Waals surface area contributed by atoms with Crippen molar-refractivity contribution in [1.29, 1.82) is 0 Å². The van der Waals surface area contributed by atoms with Crippen molar-refractivity contribution in [3.05, 3.63) is 54.2 Å². The first-order valence-corrected chi connectivity index (χ1v) is 5.25. The molecule has 0 bridgehead atoms. The van der Waals surface area contributed by atoms with E-state index in [0.717, 1.165) is 25.3 Å². The molecular formula is C13H15NO. The van der Waals surface area contributed by atoms with Gasteiger partial charge in [0.05, 0.1) is 6.61 Å². The highest BCUT2D eigenvalue weighted by Gasteiger charge is 1.94. The van der Waals surface area contributed by atoms with E-state index in [1.54, 1.807) is 0 Å². The normalized spacial score (nSPS) is 10.1. The molecule has 0 fully saturated rings. The Morgan fingerprint density at radius 3 is 2.60 bits per heavy atom. The molecule has 1 aromatic heterocycles. The molecule has 0 amide bonds. The van der Waals surface area contributed by atoms with Gasteiger partial charge in [0.15, 0.2) is 5.88 Å². The number of aromatic amines is 1. The Morgan fingerprint density at radius 2 is 1.87 bits per heavy atom. The van der Waals surface area contributed by atoms with Crippen molar-refractivity contribution in [2.24, 2.45) is 0 Å². The summed E-state index contributed by atoms with van der Waals surface area (Å²) in [6.45, 7) is 0.759. The van der Waals surface area contributed by atoms with Crippen LogP contribution in [0.3, 0.4) is 0 Å². The summed E-state index contributed by atoms with van der Waals surface area (Å²) in [6.07, 6.45) is 3.98. The smallest absolute Gasteiger partial charge is 0.190 e. The summed E-state index contributed by atoms with van der Waals surface area (Å²) in [4.78, 5) is 3.01. The zero-order chi connectivity index (χ0) is 10.3. The molecule has 0 atom stereocenters. The van der Waals surface area contributed by atoms with Gasteiger partial charge in [-0.25, -0.2) is 0 Å². The highest BCUT2D eigenvalue weighted by Crippen LogP contribution is 2.06. The van der Waals surface area contributed by atoms with Crippen molar-refractivity contribution in [2.75, 3.05) is 6.61 Å². The van der Waals surface area contributed by atoms with Gasteiger partial charge in [-0.2, -0.15) is 0 Å². The van der Waals surface area contributed by atoms with Gasteiger partial charge in [-0.15, -0.1) is 0 Å². The maximum Gasteiger partial charge on any atom is 0.190 e. The molecule has 2 aromatic rings. The first-order chi connectivity index (χ1) is 7.45. The van der Waals surface area contributed by atoms with Crippen LogP contribution in [0.15, 0.2) is 48.7 Å². The maximum absolute atomic E-state index is 5.51. The Kier molecular flexibility index (Phi) is 3.44. The zero-order valence-corrected chi connectivity index (χ0v) is 8.65. The van der Waals surface area contributed by atoms with Crippen molar-refractivity contribution in [3.8, 4) is 5.88 Å². The molecular weight excluding hydrogens is 186 g/mol. The number of hydrogen-bond donors (Lipinski definition) is 1. The van der Waals surface area contributed by atoms with Gasteiger partial charge >= 0.3 is 0 Å². The first-order valence-electron chi connectivity index (χ1n) is 5.25. The Labute approximate surface area is 89.9 Å². The topological polar surface area (TPSA) is 25.0 Å². The minimum absolute atomic E-state index is 0.759. The lowest BCUT2D eigenvalue weighted by Gasteiger charge is -2.03. The molecule has 0 radical (unpaired) electrons. The van der Waals surface area contributed by atoms with Crippen LogP contribution in [-0.4, -0.2) is 11.6 Å². The molecule has 1 heterocycles. The third kappa shape index (κ3) is 3.17. The van der Waals surface area contributed by atoms with E-state index in [0.29, 0.717) is 0 Å². The van der Waals surface area contributed by atoms with Gasteiger partial charge in [-0.3, -0.25) is 0 Å². The Morgan fingerprint density at radius 1 is 1.00 bits per heavy atom. The highest BCUT2D eigenvalue weighted by atomic mass is 16.5. The predicted octanol–water partition coefficient (Wildman–Crippen LogP) is 3.03. The summed E-state index contributed by atoms with van der Waals surface area (Å²) in [5.74, 6) is 0.850. The van der Waals surface area contributed by atoms with E-state index in [1.165, 1.54) is 5.56 Å². The second-order valence-electron chi connectivity index (χ2n) is 3.47. The van der Waals surface area contributed by atoms with Crippen LogP contribution in [0.2, 0.25) is 0 Å². The summed E-state index contributed by atoms with van der Waals surface area (Å²) in [5.41, 5.74) is 1.37. The number of aromatic nitrogens is 1. The van der Waals surface area contributed by atoms with Crippen LogP contribution in [0.1, 0.15) is 12.0 Å². The van der Waals surface area contributed by atoms with Crippen LogP contribution in [0.5, 0.6) is 5.88 Å². The molecule has 0 aliphatic rings. The van der Waals surface area contributed by atoms with Crippen molar-refractivity contribution >= 4 is 0 Å². The molecule has 2 nitrogen and oxygen atoms in total. The van der Waals surface area contributed by atoms with Crippen LogP contribution in [0, 0.1) is 0 Å². The monoisotopic (exact) mass is 201 g/mol. The standard InChI is InChI=1S/C13H15NO/c1-2-6-12(7-3-1)8-5-11-15-13-9-4-10-14-13/h1-4,6-7,9-10,14H,5,8,11H2. The molecule has 2 heteroatoms. The zero-order valence-electron chi connectivity index (χ0n) is 8.65. The maximum atomic E-state index is 5.51. The Bertz CT molecular complexity index is 367. The summed E-state index contributed by atoms with van der Waals surface area (Å²) < 4.78 is 5.51. The molecule has 0 aliphatic heterocycles. The van der Waals surface area contributed by atoms with E-state index in [9.17, 15) is 0 Å². The Balaban J connectivity index is 1.68. The van der Waals surface area contributed by atoms with Crippen molar-refractivity contribution < 1.29 is 4.74 Å². The number of rotatable bonds is 5. The van der Waals surface area contributed by atoms with E-state index in [-0.39, 0.29) is 0 Å². The summed E-state index contributed by atoms with van der Waals surface area (Å²) in [6, 6.07) is 14.3. The average Bonchev–Trinajstić information content (AvgIpc) is 2.79. The minimum Gasteiger partial charge on any atom is -0.479 e. The van der Waals surface area contributed by atoms with E-state index in [1.807, 2.05) is 24.4 Å². The minimum atomic E-state index is 0.759. The van der Waals surface area contributed by atoms with Gasteiger partial charge in [-0.1, -0.05) is 30.3 Å². The summed E-state index contributed by atoms with van der Waals surface area (Å²) in [5, 5.41) is 0. The van der Waals surface area contributed by atoms with E-state index >= 15 is 0 Å². The number of benzene rings is 1. The lowest BCUT2D eigenvalue weighted by molar-refractivity contribution is 0.301. The quantitative estimate of drug-likeness (QED) is 0.739. The third-order valence-corrected chi connectivity index (χ3v) is 2.28. The van der Waals surface area contributed by atoms with Crippen molar-refractivity contribution in [1.82, 2.24) is 4.98 Å². The first kappa shape index (κ1) is 9.84. The third-order valence-electron chi connectivity index (χ3n) is 2.28. The molecule has 1 N–H and O–H groups in total. The largest absolute Gasteiger partial charge is 0.479 e. The second kappa shape index (κ2) is 5.25. The second-order valence-corrected chi connectivity index (χ2v) is 3.47. The van der Waals surface area contributed by atoms with Crippen LogP contribution in [0.25, 0.3) is 0 Å². The van der Waals surface area contributed by atoms with Gasteiger partial charge in [0, 0.05) is 6.20 Å². The lowest BCUT2D eigenvalue weighted by Crippen LogP contribution is -1.99. The fourth-order valence-electron chi connectivity index (χ4n) is 1.51. The van der Waals surface area contributed by atoms with Crippen LogP contribution in [-0.2, 0) is 6.42 Å². The molecule has 0 saturated heterocycles. The number of nitrogens with one attached hydrogen (secondary N) is 1. The van der Waals surface area contributed by atoms with Crippen LogP contribution < -0.4 is 4.74 Å². The molecule has 1 aromatic carbocycles. The molecule has 0 aliphatic carbocycles.